The minimum absolute atomic E-state index is 0.130. The molecule has 3 aromatic heterocycles. The molecule has 4 aromatic carbocycles. The maximum absolute atomic E-state index is 14.0. The summed E-state index contributed by atoms with van der Waals surface area (Å²) in [5.74, 6) is 0.260. The van der Waals surface area contributed by atoms with Crippen LogP contribution in [0, 0.1) is 0 Å². The first-order valence-electron chi connectivity index (χ1n) is 15.9. The van der Waals surface area contributed by atoms with Crippen molar-refractivity contribution < 1.29 is 27.0 Å². The van der Waals surface area contributed by atoms with Crippen LogP contribution in [0.4, 0.5) is 17.6 Å². The van der Waals surface area contributed by atoms with Gasteiger partial charge in [-0.2, -0.15) is 26.3 Å². The lowest BCUT2D eigenvalue weighted by Crippen LogP contribution is -2.24. The van der Waals surface area contributed by atoms with Crippen molar-refractivity contribution >= 4 is 56.2 Å². The van der Waals surface area contributed by atoms with Crippen LogP contribution >= 0.6 is 34.4 Å². The van der Waals surface area contributed by atoms with Crippen LogP contribution in [0.15, 0.2) is 97.1 Å². The molecule has 250 valence electrons. The molecule has 0 fully saturated rings. The van der Waals surface area contributed by atoms with Crippen molar-refractivity contribution in [3.63, 3.8) is 0 Å². The minimum Gasteiger partial charge on any atom is -0.433 e. The number of hydrogen-bond donors (Lipinski definition) is 0. The van der Waals surface area contributed by atoms with E-state index < -0.39 is 12.2 Å². The van der Waals surface area contributed by atoms with Crippen LogP contribution in [-0.2, 0) is 0 Å². The summed E-state index contributed by atoms with van der Waals surface area (Å²) in [6.45, 7) is 3.39. The summed E-state index contributed by atoms with van der Waals surface area (Å²) in [5.41, 5.74) is 5.39. The van der Waals surface area contributed by atoms with E-state index in [4.69, 9.17) is 18.2 Å². The number of fused-ring (bicyclic) bond motifs is 2. The molecule has 0 atom stereocenters. The molecule has 0 saturated carbocycles. The molecule has 0 radical (unpaired) electrons. The first kappa shape index (κ1) is 33.2. The third kappa shape index (κ3) is 6.92. The van der Waals surface area contributed by atoms with Crippen LogP contribution in [0.5, 0.6) is 11.5 Å². The Balaban J connectivity index is 1.22. The van der Waals surface area contributed by atoms with Gasteiger partial charge in [0.25, 0.3) is 0 Å². The molecule has 0 saturated heterocycles. The van der Waals surface area contributed by atoms with Crippen molar-refractivity contribution in [1.29, 1.82) is 0 Å². The summed E-state index contributed by atoms with van der Waals surface area (Å²) in [5, 5.41) is 2.08. The lowest BCUT2D eigenvalue weighted by atomic mass is 9.95. The summed E-state index contributed by atoms with van der Waals surface area (Å²) >= 11 is 4.37. The molecule has 0 unspecified atom stereocenters. The average molecular weight is 719 g/mol. The van der Waals surface area contributed by atoms with E-state index in [1.54, 1.807) is 85.1 Å². The highest BCUT2D eigenvalue weighted by atomic mass is 32.1. The van der Waals surface area contributed by atoms with Crippen LogP contribution in [0.2, 0.25) is 0 Å². The van der Waals surface area contributed by atoms with Gasteiger partial charge in [0, 0.05) is 30.6 Å². The van der Waals surface area contributed by atoms with E-state index in [9.17, 15) is 17.6 Å². The molecule has 7 aromatic rings. The van der Waals surface area contributed by atoms with Gasteiger partial charge in [-0.1, -0.05) is 38.1 Å². The van der Waals surface area contributed by atoms with E-state index in [1.807, 2.05) is 24.3 Å². The molecule has 0 N–H and O–H groups in total. The zero-order valence-corrected chi connectivity index (χ0v) is 29.0. The molecule has 0 aliphatic rings. The summed E-state index contributed by atoms with van der Waals surface area (Å²) in [6, 6.07) is 29.9. The molecular formula is C38H30F4N2O2S3. The van der Waals surface area contributed by atoms with Crippen molar-refractivity contribution in [2.75, 3.05) is 0 Å². The van der Waals surface area contributed by atoms with Gasteiger partial charge < -0.3 is 9.47 Å². The molecule has 0 aliphatic heterocycles. The number of benzene rings is 4. The number of aromatic nitrogens is 2. The number of hydrogen-bond acceptors (Lipinski definition) is 7. The number of rotatable bonds is 12. The van der Waals surface area contributed by atoms with E-state index in [-0.39, 0.29) is 24.3 Å². The summed E-state index contributed by atoms with van der Waals surface area (Å²) in [6.07, 6.45) is -6.42. The first-order valence-corrected chi connectivity index (χ1v) is 18.2. The molecular weight excluding hydrogens is 689 g/mol. The molecule has 4 nitrogen and oxygen atoms in total. The average Bonchev–Trinajstić information content (AvgIpc) is 3.86. The molecule has 3 heterocycles. The van der Waals surface area contributed by atoms with Gasteiger partial charge in [0.1, 0.15) is 22.5 Å². The minimum atomic E-state index is -3.20. The Morgan fingerprint density at radius 1 is 0.531 bits per heavy atom. The molecule has 0 aliphatic carbocycles. The second kappa shape index (κ2) is 13.5. The van der Waals surface area contributed by atoms with Crippen molar-refractivity contribution in [3.8, 4) is 53.3 Å². The topological polar surface area (TPSA) is 44.2 Å². The molecule has 49 heavy (non-hydrogen) atoms. The standard InChI is InChI=1S/C38H30F4N2O2S3/c1-3-21-37(39,40)45-25-13-9-23(10-14-25)29-17-19-31(47-29)33-27-7-5-6-8-28(27)34(36-35(33)43-49-44-36)32-20-18-30(48-32)24-11-15-26(16-12-24)46-38(41,42)22-4-2/h5-20H,3-4,21-22H2,1-2H3. The monoisotopic (exact) mass is 718 g/mol. The van der Waals surface area contributed by atoms with Gasteiger partial charge in [-0.25, -0.2) is 0 Å². The first-order chi connectivity index (χ1) is 23.6. The SMILES string of the molecule is CCCC(F)(F)Oc1ccc(-c2ccc(-c3c4ccccc4c(-c4ccc(-c5ccc(OC(F)(F)CCC)cc5)s4)c4nsnc34)s2)cc1. The second-order valence-corrected chi connectivity index (χ2v) is 14.3. The summed E-state index contributed by atoms with van der Waals surface area (Å²) in [7, 11) is 0. The Hall–Kier alpha value is -4.32. The fourth-order valence-corrected chi connectivity index (χ4v) is 8.55. The molecule has 0 amide bonds. The highest BCUT2D eigenvalue weighted by Crippen LogP contribution is 2.48. The van der Waals surface area contributed by atoms with Crippen LogP contribution in [0.25, 0.3) is 63.6 Å². The van der Waals surface area contributed by atoms with Gasteiger partial charge in [-0.15, -0.1) is 22.7 Å². The van der Waals surface area contributed by atoms with Crippen LogP contribution in [0.3, 0.4) is 0 Å². The van der Waals surface area contributed by atoms with Crippen LogP contribution in [-0.4, -0.2) is 21.0 Å². The Kier molecular flexibility index (Phi) is 9.17. The normalized spacial score (nSPS) is 12.2. The van der Waals surface area contributed by atoms with Gasteiger partial charge in [0.15, 0.2) is 0 Å². The Morgan fingerprint density at radius 3 is 1.31 bits per heavy atom. The zero-order chi connectivity index (χ0) is 34.2. The number of nitrogens with zero attached hydrogens (tertiary/aromatic N) is 2. The largest absolute Gasteiger partial charge is 0.433 e. The van der Waals surface area contributed by atoms with E-state index in [2.05, 4.69) is 24.3 Å². The quantitative estimate of drug-likeness (QED) is 0.118. The van der Waals surface area contributed by atoms with E-state index in [0.29, 0.717) is 12.8 Å². The van der Waals surface area contributed by atoms with Gasteiger partial charge in [0.2, 0.25) is 0 Å². The zero-order valence-electron chi connectivity index (χ0n) is 26.5. The summed E-state index contributed by atoms with van der Waals surface area (Å²) < 4.78 is 75.4. The fourth-order valence-electron chi connectivity index (χ4n) is 5.85. The van der Waals surface area contributed by atoms with Crippen molar-refractivity contribution in [3.05, 3.63) is 97.1 Å². The third-order valence-corrected chi connectivity index (χ3v) is 10.9. The van der Waals surface area contributed by atoms with Crippen LogP contribution < -0.4 is 9.47 Å². The number of alkyl halides is 4. The predicted molar refractivity (Wildman–Crippen MR) is 193 cm³/mol. The lowest BCUT2D eigenvalue weighted by Gasteiger charge is -2.17. The molecule has 11 heteroatoms. The lowest BCUT2D eigenvalue weighted by molar-refractivity contribution is -0.181. The third-order valence-electron chi connectivity index (χ3n) is 8.03. The van der Waals surface area contributed by atoms with E-state index in [1.165, 1.54) is 11.7 Å². The van der Waals surface area contributed by atoms with Gasteiger partial charge in [-0.05, 0) is 108 Å². The molecule has 0 bridgehead atoms. The van der Waals surface area contributed by atoms with Gasteiger partial charge >= 0.3 is 12.2 Å². The Morgan fingerprint density at radius 2 is 0.918 bits per heavy atom. The maximum atomic E-state index is 14.0. The summed E-state index contributed by atoms with van der Waals surface area (Å²) in [4.78, 5) is 4.01. The Labute approximate surface area is 292 Å². The second-order valence-electron chi connectivity index (χ2n) is 11.6. The number of ether oxygens (including phenoxy) is 2. The highest BCUT2D eigenvalue weighted by Gasteiger charge is 2.31. The Bertz CT molecular complexity index is 2070. The number of halogens is 4. The van der Waals surface area contributed by atoms with Gasteiger partial charge in [0.05, 0.1) is 24.6 Å². The maximum Gasteiger partial charge on any atom is 0.397 e. The highest BCUT2D eigenvalue weighted by molar-refractivity contribution is 7.19. The smallest absolute Gasteiger partial charge is 0.397 e. The van der Waals surface area contributed by atoms with Crippen molar-refractivity contribution in [2.24, 2.45) is 0 Å². The fraction of sp³-hybridized carbons (Fsp3) is 0.211. The van der Waals surface area contributed by atoms with Crippen molar-refractivity contribution in [2.45, 2.75) is 51.7 Å². The molecule has 7 rings (SSSR count). The number of thiophene rings is 2. The van der Waals surface area contributed by atoms with Crippen LogP contribution in [0.1, 0.15) is 39.5 Å². The predicted octanol–water partition coefficient (Wildman–Crippen LogP) is 13.2. The molecule has 0 spiro atoms. The van der Waals surface area contributed by atoms with E-state index in [0.717, 1.165) is 63.6 Å². The van der Waals surface area contributed by atoms with Gasteiger partial charge in [-0.3, -0.25) is 0 Å². The van der Waals surface area contributed by atoms with Crippen molar-refractivity contribution in [1.82, 2.24) is 8.75 Å². The van der Waals surface area contributed by atoms with E-state index >= 15 is 0 Å².